The second-order valence-corrected chi connectivity index (χ2v) is 6.75. The lowest BCUT2D eigenvalue weighted by Crippen LogP contribution is -2.17. The van der Waals surface area contributed by atoms with Crippen LogP contribution in [0.15, 0.2) is 47.6 Å². The second kappa shape index (κ2) is 7.57. The summed E-state index contributed by atoms with van der Waals surface area (Å²) >= 11 is 1.14. The number of benzene rings is 2. The molecule has 0 radical (unpaired) electrons. The van der Waals surface area contributed by atoms with Crippen LogP contribution in [0.3, 0.4) is 0 Å². The molecule has 2 aromatic carbocycles. The second-order valence-electron chi connectivity index (χ2n) is 5.81. The number of aryl methyl sites for hydroxylation is 2. The summed E-state index contributed by atoms with van der Waals surface area (Å²) in [6, 6.07) is 12.0. The molecule has 0 fully saturated rings. The molecule has 3 N–H and O–H groups in total. The summed E-state index contributed by atoms with van der Waals surface area (Å²) in [6.07, 6.45) is 0. The largest absolute Gasteiger partial charge is 0.335 e. The van der Waals surface area contributed by atoms with Gasteiger partial charge in [0.2, 0.25) is 11.1 Å². The quantitative estimate of drug-likeness (QED) is 0.532. The van der Waals surface area contributed by atoms with Gasteiger partial charge in [0.1, 0.15) is 5.82 Å². The van der Waals surface area contributed by atoms with Crippen molar-refractivity contribution in [3.63, 3.8) is 0 Å². The van der Waals surface area contributed by atoms with Gasteiger partial charge in [-0.05, 0) is 43.2 Å². The fourth-order valence-corrected chi connectivity index (χ4v) is 3.05. The molecule has 0 spiro atoms. The monoisotopic (exact) mass is 371 g/mol. The highest BCUT2D eigenvalue weighted by Gasteiger charge is 2.16. The summed E-state index contributed by atoms with van der Waals surface area (Å²) in [7, 11) is 0. The number of carbonyl (C=O) groups is 1. The summed E-state index contributed by atoms with van der Waals surface area (Å²) in [5, 5.41) is 11.1. The van der Waals surface area contributed by atoms with Crippen LogP contribution in [0, 0.1) is 19.7 Å². The van der Waals surface area contributed by atoms with Crippen LogP contribution in [0.2, 0.25) is 0 Å². The lowest BCUT2D eigenvalue weighted by Gasteiger charge is -2.09. The minimum absolute atomic E-state index is 0.111. The Labute approximate surface area is 154 Å². The number of thioether (sulfide) groups is 1. The van der Waals surface area contributed by atoms with E-state index < -0.39 is 5.82 Å². The van der Waals surface area contributed by atoms with Gasteiger partial charge in [0.15, 0.2) is 5.82 Å². The molecule has 1 aromatic heterocycles. The molecule has 3 aromatic rings. The van der Waals surface area contributed by atoms with Crippen LogP contribution < -0.4 is 11.2 Å². The number of nitrogens with two attached hydrogens (primary N) is 1. The van der Waals surface area contributed by atoms with Crippen molar-refractivity contribution in [1.29, 1.82) is 0 Å². The first-order chi connectivity index (χ1) is 12.5. The number of anilines is 1. The van der Waals surface area contributed by atoms with Crippen molar-refractivity contribution in [1.82, 2.24) is 14.9 Å². The average Bonchev–Trinajstić information content (AvgIpc) is 2.97. The molecule has 0 saturated carbocycles. The summed E-state index contributed by atoms with van der Waals surface area (Å²) in [4.78, 5) is 12.2. The van der Waals surface area contributed by atoms with Gasteiger partial charge in [-0.15, -0.1) is 10.2 Å². The lowest BCUT2D eigenvalue weighted by molar-refractivity contribution is -0.113. The normalized spacial score (nSPS) is 10.7. The standard InChI is InChI=1S/C18H18FN5OS/c1-11-7-8-12(2)15(9-11)21-16(25)10-26-18-23-22-17(24(18)20)13-5-3-4-6-14(13)19/h3-9H,10,20H2,1-2H3,(H,21,25). The number of aromatic nitrogens is 3. The van der Waals surface area contributed by atoms with Crippen LogP contribution in [-0.2, 0) is 4.79 Å². The fourth-order valence-electron chi connectivity index (χ4n) is 2.39. The van der Waals surface area contributed by atoms with Crippen LogP contribution in [-0.4, -0.2) is 26.5 Å². The van der Waals surface area contributed by atoms with Crippen molar-refractivity contribution in [2.24, 2.45) is 0 Å². The van der Waals surface area contributed by atoms with Gasteiger partial charge in [-0.25, -0.2) is 9.07 Å². The smallest absolute Gasteiger partial charge is 0.234 e. The number of nitrogens with one attached hydrogen (secondary N) is 1. The molecule has 0 saturated heterocycles. The molecule has 3 rings (SSSR count). The summed E-state index contributed by atoms with van der Waals surface area (Å²) in [6.45, 7) is 3.89. The Bertz CT molecular complexity index is 957. The molecule has 134 valence electrons. The van der Waals surface area contributed by atoms with Gasteiger partial charge < -0.3 is 11.2 Å². The van der Waals surface area contributed by atoms with Gasteiger partial charge in [-0.2, -0.15) is 0 Å². The SMILES string of the molecule is Cc1ccc(C)c(NC(=O)CSc2nnc(-c3ccccc3F)n2N)c1. The first kappa shape index (κ1) is 17.9. The zero-order chi connectivity index (χ0) is 18.7. The average molecular weight is 371 g/mol. The highest BCUT2D eigenvalue weighted by molar-refractivity contribution is 7.99. The molecule has 0 aliphatic heterocycles. The highest BCUT2D eigenvalue weighted by Crippen LogP contribution is 2.24. The van der Waals surface area contributed by atoms with E-state index in [-0.39, 0.29) is 23.0 Å². The van der Waals surface area contributed by atoms with E-state index >= 15 is 0 Å². The van der Waals surface area contributed by atoms with E-state index in [4.69, 9.17) is 5.84 Å². The van der Waals surface area contributed by atoms with Crippen molar-refractivity contribution < 1.29 is 9.18 Å². The predicted octanol–water partition coefficient (Wildman–Crippen LogP) is 3.15. The number of carbonyl (C=O) groups excluding carboxylic acids is 1. The molecule has 1 amide bonds. The van der Waals surface area contributed by atoms with E-state index in [0.717, 1.165) is 28.6 Å². The number of halogens is 1. The number of nitrogens with zero attached hydrogens (tertiary/aromatic N) is 3. The zero-order valence-corrected chi connectivity index (χ0v) is 15.2. The first-order valence-electron chi connectivity index (χ1n) is 7.91. The minimum atomic E-state index is -0.434. The van der Waals surface area contributed by atoms with Crippen molar-refractivity contribution in [3.8, 4) is 11.4 Å². The van der Waals surface area contributed by atoms with E-state index in [9.17, 15) is 9.18 Å². The van der Waals surface area contributed by atoms with Crippen molar-refractivity contribution >= 4 is 23.4 Å². The molecule has 0 atom stereocenters. The van der Waals surface area contributed by atoms with Crippen LogP contribution >= 0.6 is 11.8 Å². The lowest BCUT2D eigenvalue weighted by atomic mass is 10.1. The van der Waals surface area contributed by atoms with Crippen molar-refractivity contribution in [2.45, 2.75) is 19.0 Å². The van der Waals surface area contributed by atoms with Crippen LogP contribution in [0.5, 0.6) is 0 Å². The number of nitrogen functional groups attached to an aromatic ring is 1. The maximum absolute atomic E-state index is 13.9. The maximum atomic E-state index is 13.9. The molecular formula is C18H18FN5OS. The Hall–Kier alpha value is -2.87. The predicted molar refractivity (Wildman–Crippen MR) is 101 cm³/mol. The number of rotatable bonds is 5. The van der Waals surface area contributed by atoms with Gasteiger partial charge in [0, 0.05) is 5.69 Å². The Morgan fingerprint density at radius 1 is 1.23 bits per heavy atom. The number of hydrogen-bond acceptors (Lipinski definition) is 5. The van der Waals surface area contributed by atoms with Gasteiger partial charge in [0.05, 0.1) is 11.3 Å². The molecule has 1 heterocycles. The summed E-state index contributed by atoms with van der Waals surface area (Å²) in [5.41, 5.74) is 3.08. The van der Waals surface area contributed by atoms with Crippen molar-refractivity contribution in [2.75, 3.05) is 16.9 Å². The topological polar surface area (TPSA) is 85.8 Å². The third-order valence-corrected chi connectivity index (χ3v) is 4.72. The van der Waals surface area contributed by atoms with E-state index in [2.05, 4.69) is 15.5 Å². The molecule has 8 heteroatoms. The molecule has 0 bridgehead atoms. The molecule has 0 unspecified atom stereocenters. The Balaban J connectivity index is 1.68. The van der Waals surface area contributed by atoms with Gasteiger partial charge in [0.25, 0.3) is 0 Å². The first-order valence-corrected chi connectivity index (χ1v) is 8.89. The Kier molecular flexibility index (Phi) is 5.22. The molecule has 6 nitrogen and oxygen atoms in total. The van der Waals surface area contributed by atoms with E-state index in [1.54, 1.807) is 18.2 Å². The third kappa shape index (κ3) is 3.85. The Morgan fingerprint density at radius 3 is 2.77 bits per heavy atom. The highest BCUT2D eigenvalue weighted by atomic mass is 32.2. The molecular weight excluding hydrogens is 353 g/mol. The molecule has 0 aliphatic rings. The number of amides is 1. The van der Waals surface area contributed by atoms with Crippen LogP contribution in [0.4, 0.5) is 10.1 Å². The van der Waals surface area contributed by atoms with Gasteiger partial charge >= 0.3 is 0 Å². The van der Waals surface area contributed by atoms with E-state index in [1.165, 1.54) is 10.7 Å². The van der Waals surface area contributed by atoms with Gasteiger partial charge in [-0.3, -0.25) is 4.79 Å². The fraction of sp³-hybridized carbons (Fsp3) is 0.167. The summed E-state index contributed by atoms with van der Waals surface area (Å²) < 4.78 is 15.1. The van der Waals surface area contributed by atoms with Crippen LogP contribution in [0.25, 0.3) is 11.4 Å². The molecule has 26 heavy (non-hydrogen) atoms. The van der Waals surface area contributed by atoms with Gasteiger partial charge in [-0.1, -0.05) is 36.0 Å². The van der Waals surface area contributed by atoms with Crippen LogP contribution in [0.1, 0.15) is 11.1 Å². The Morgan fingerprint density at radius 2 is 2.00 bits per heavy atom. The number of hydrogen-bond donors (Lipinski definition) is 2. The molecule has 0 aliphatic carbocycles. The maximum Gasteiger partial charge on any atom is 0.234 e. The summed E-state index contributed by atoms with van der Waals surface area (Å²) in [5.74, 6) is 5.66. The van der Waals surface area contributed by atoms with E-state index in [0.29, 0.717) is 5.16 Å². The third-order valence-electron chi connectivity index (χ3n) is 3.78. The minimum Gasteiger partial charge on any atom is -0.335 e. The zero-order valence-electron chi connectivity index (χ0n) is 14.4. The van der Waals surface area contributed by atoms with E-state index in [1.807, 2.05) is 32.0 Å². The van der Waals surface area contributed by atoms with Crippen molar-refractivity contribution in [3.05, 3.63) is 59.4 Å².